The number of carbonyl (C=O) groups excluding carboxylic acids is 1. The number of H-pyrrole nitrogens is 1. The fourth-order valence-corrected chi connectivity index (χ4v) is 2.98. The minimum absolute atomic E-state index is 0.0337. The zero-order chi connectivity index (χ0) is 16.2. The number of rotatable bonds is 6. The van der Waals surface area contributed by atoms with Crippen molar-refractivity contribution in [3.63, 3.8) is 0 Å². The monoisotopic (exact) mass is 318 g/mol. The molecule has 1 saturated heterocycles. The van der Waals surface area contributed by atoms with Crippen LogP contribution in [0.4, 0.5) is 0 Å². The summed E-state index contributed by atoms with van der Waals surface area (Å²) in [7, 11) is 3.71. The van der Waals surface area contributed by atoms with Gasteiger partial charge in [-0.3, -0.25) is 14.6 Å². The number of aromatic nitrogens is 5. The molecule has 1 N–H and O–H groups in total. The Kier molecular flexibility index (Phi) is 4.71. The Morgan fingerprint density at radius 2 is 2.43 bits per heavy atom. The Morgan fingerprint density at radius 3 is 3.13 bits per heavy atom. The molecule has 8 nitrogen and oxygen atoms in total. The normalized spacial score (nSPS) is 20.8. The van der Waals surface area contributed by atoms with Gasteiger partial charge in [0.1, 0.15) is 12.2 Å². The summed E-state index contributed by atoms with van der Waals surface area (Å²) < 4.78 is 7.58. The first-order valence-corrected chi connectivity index (χ1v) is 7.83. The number of aryl methyl sites for hydroxylation is 2. The van der Waals surface area contributed by atoms with Gasteiger partial charge in [0.05, 0.1) is 6.10 Å². The maximum atomic E-state index is 12.3. The van der Waals surface area contributed by atoms with Gasteiger partial charge in [-0.15, -0.1) is 0 Å². The molecule has 2 atom stereocenters. The van der Waals surface area contributed by atoms with Gasteiger partial charge in [0.15, 0.2) is 0 Å². The Morgan fingerprint density at radius 1 is 1.57 bits per heavy atom. The molecule has 2 aromatic heterocycles. The van der Waals surface area contributed by atoms with E-state index in [0.29, 0.717) is 26.0 Å². The number of nitrogens with one attached hydrogen (secondary N) is 1. The van der Waals surface area contributed by atoms with Gasteiger partial charge in [-0.25, -0.2) is 4.98 Å². The summed E-state index contributed by atoms with van der Waals surface area (Å²) in [6.07, 6.45) is 5.28. The first-order valence-electron chi connectivity index (χ1n) is 7.83. The molecule has 1 fully saturated rings. The lowest BCUT2D eigenvalue weighted by atomic mass is 10.0. The lowest BCUT2D eigenvalue weighted by molar-refractivity contribution is -0.131. The molecule has 0 aromatic carbocycles. The number of nitrogens with zero attached hydrogens (tertiary/aromatic N) is 5. The molecule has 23 heavy (non-hydrogen) atoms. The van der Waals surface area contributed by atoms with E-state index in [1.54, 1.807) is 15.8 Å². The third-order valence-electron chi connectivity index (χ3n) is 4.39. The molecule has 124 valence electrons. The van der Waals surface area contributed by atoms with Gasteiger partial charge in [-0.05, 0) is 18.9 Å². The second-order valence-electron chi connectivity index (χ2n) is 5.90. The molecule has 0 bridgehead atoms. The van der Waals surface area contributed by atoms with E-state index in [9.17, 15) is 4.79 Å². The molecule has 0 spiro atoms. The highest BCUT2D eigenvalue weighted by molar-refractivity contribution is 5.76. The SMILES string of the molecule is CN(C[C@H]1OCC[C@H]1c1ncn[nH]1)C(=O)CCc1ccnn1C. The smallest absolute Gasteiger partial charge is 0.222 e. The van der Waals surface area contributed by atoms with Gasteiger partial charge in [0.2, 0.25) is 5.91 Å². The van der Waals surface area contributed by atoms with Gasteiger partial charge >= 0.3 is 0 Å². The fraction of sp³-hybridized carbons (Fsp3) is 0.600. The van der Waals surface area contributed by atoms with Crippen molar-refractivity contribution in [2.75, 3.05) is 20.2 Å². The van der Waals surface area contributed by atoms with E-state index in [1.165, 1.54) is 6.33 Å². The summed E-state index contributed by atoms with van der Waals surface area (Å²) in [5.74, 6) is 1.12. The predicted octanol–water partition coefficient (Wildman–Crippen LogP) is 0.502. The average Bonchev–Trinajstić information content (AvgIpc) is 3.25. The van der Waals surface area contributed by atoms with Crippen LogP contribution in [0.5, 0.6) is 0 Å². The summed E-state index contributed by atoms with van der Waals surface area (Å²) in [6, 6.07) is 1.94. The van der Waals surface area contributed by atoms with E-state index in [-0.39, 0.29) is 17.9 Å². The Bertz CT molecular complexity index is 638. The van der Waals surface area contributed by atoms with Crippen LogP contribution >= 0.6 is 0 Å². The maximum Gasteiger partial charge on any atom is 0.222 e. The maximum absolute atomic E-state index is 12.3. The topological polar surface area (TPSA) is 88.9 Å². The van der Waals surface area contributed by atoms with Crippen molar-refractivity contribution in [1.29, 1.82) is 0 Å². The molecule has 1 aliphatic rings. The van der Waals surface area contributed by atoms with E-state index in [1.807, 2.05) is 20.2 Å². The lowest BCUT2D eigenvalue weighted by Crippen LogP contribution is -2.36. The molecule has 1 aliphatic heterocycles. The summed E-state index contributed by atoms with van der Waals surface area (Å²) in [4.78, 5) is 18.3. The van der Waals surface area contributed by atoms with Crippen LogP contribution in [0.3, 0.4) is 0 Å². The second kappa shape index (κ2) is 6.91. The molecule has 3 heterocycles. The third kappa shape index (κ3) is 3.58. The zero-order valence-electron chi connectivity index (χ0n) is 13.5. The largest absolute Gasteiger partial charge is 0.376 e. The second-order valence-corrected chi connectivity index (χ2v) is 5.90. The molecule has 0 radical (unpaired) electrons. The number of carbonyl (C=O) groups is 1. The van der Waals surface area contributed by atoms with E-state index in [2.05, 4.69) is 20.3 Å². The van der Waals surface area contributed by atoms with Crippen LogP contribution in [0, 0.1) is 0 Å². The summed E-state index contributed by atoms with van der Waals surface area (Å²) >= 11 is 0. The Hall–Kier alpha value is -2.22. The van der Waals surface area contributed by atoms with Gasteiger partial charge in [0.25, 0.3) is 0 Å². The molecule has 2 aromatic rings. The molecule has 0 aliphatic carbocycles. The van der Waals surface area contributed by atoms with Crippen LogP contribution in [0.1, 0.15) is 30.3 Å². The number of amides is 1. The van der Waals surface area contributed by atoms with Crippen LogP contribution in [-0.2, 0) is 23.0 Å². The highest BCUT2D eigenvalue weighted by atomic mass is 16.5. The molecule has 1 amide bonds. The van der Waals surface area contributed by atoms with Crippen LogP contribution in [-0.4, -0.2) is 62.1 Å². The minimum Gasteiger partial charge on any atom is -0.376 e. The third-order valence-corrected chi connectivity index (χ3v) is 4.39. The van der Waals surface area contributed by atoms with Crippen molar-refractivity contribution < 1.29 is 9.53 Å². The number of aromatic amines is 1. The van der Waals surface area contributed by atoms with Crippen molar-refractivity contribution in [1.82, 2.24) is 29.9 Å². The van der Waals surface area contributed by atoms with Crippen LogP contribution < -0.4 is 0 Å². The highest BCUT2D eigenvalue weighted by Gasteiger charge is 2.33. The molecular formula is C15H22N6O2. The minimum atomic E-state index is -0.0337. The Balaban J connectivity index is 1.52. The van der Waals surface area contributed by atoms with Gasteiger partial charge < -0.3 is 9.64 Å². The van der Waals surface area contributed by atoms with Crippen molar-refractivity contribution in [2.24, 2.45) is 7.05 Å². The number of ether oxygens (including phenoxy) is 1. The first-order chi connectivity index (χ1) is 11.1. The zero-order valence-corrected chi connectivity index (χ0v) is 13.5. The standard InChI is InChI=1S/C15H22N6O2/c1-20(14(22)4-3-11-5-7-18-21(11)2)9-13-12(6-8-23-13)15-16-10-17-19-15/h5,7,10,12-13H,3-4,6,8-9H2,1-2H3,(H,16,17,19)/t12-,13-/m1/s1. The van der Waals surface area contributed by atoms with Crippen molar-refractivity contribution in [3.05, 3.63) is 30.1 Å². The quantitative estimate of drug-likeness (QED) is 0.838. The molecule has 0 saturated carbocycles. The van der Waals surface area contributed by atoms with E-state index in [4.69, 9.17) is 4.74 Å². The number of hydrogen-bond acceptors (Lipinski definition) is 5. The van der Waals surface area contributed by atoms with Crippen molar-refractivity contribution in [3.8, 4) is 0 Å². The molecule has 3 rings (SSSR count). The molecular weight excluding hydrogens is 296 g/mol. The van der Waals surface area contributed by atoms with E-state index < -0.39 is 0 Å². The number of hydrogen-bond donors (Lipinski definition) is 1. The van der Waals surface area contributed by atoms with Crippen molar-refractivity contribution >= 4 is 5.91 Å². The summed E-state index contributed by atoms with van der Waals surface area (Å²) in [5.41, 5.74) is 1.06. The highest BCUT2D eigenvalue weighted by Crippen LogP contribution is 2.29. The van der Waals surface area contributed by atoms with Gasteiger partial charge in [-0.1, -0.05) is 0 Å². The predicted molar refractivity (Wildman–Crippen MR) is 82.6 cm³/mol. The number of likely N-dealkylation sites (N-methyl/N-ethyl adjacent to an activating group) is 1. The fourth-order valence-electron chi connectivity index (χ4n) is 2.98. The summed E-state index contributed by atoms with van der Waals surface area (Å²) in [5, 5.41) is 10.9. The van der Waals surface area contributed by atoms with Crippen molar-refractivity contribution in [2.45, 2.75) is 31.3 Å². The van der Waals surface area contributed by atoms with Gasteiger partial charge in [-0.2, -0.15) is 10.2 Å². The Labute approximate surface area is 134 Å². The first kappa shape index (κ1) is 15.7. The van der Waals surface area contributed by atoms with Crippen LogP contribution in [0.15, 0.2) is 18.6 Å². The summed E-state index contributed by atoms with van der Waals surface area (Å²) in [6.45, 7) is 1.25. The average molecular weight is 318 g/mol. The van der Waals surface area contributed by atoms with Crippen LogP contribution in [0.25, 0.3) is 0 Å². The lowest BCUT2D eigenvalue weighted by Gasteiger charge is -2.24. The van der Waals surface area contributed by atoms with Crippen LogP contribution in [0.2, 0.25) is 0 Å². The van der Waals surface area contributed by atoms with E-state index >= 15 is 0 Å². The van der Waals surface area contributed by atoms with Gasteiger partial charge in [0, 0.05) is 51.5 Å². The van der Waals surface area contributed by atoms with E-state index in [0.717, 1.165) is 17.9 Å². The molecule has 8 heteroatoms. The molecule has 0 unspecified atom stereocenters.